The van der Waals surface area contributed by atoms with Crippen molar-refractivity contribution in [1.29, 1.82) is 0 Å². The van der Waals surface area contributed by atoms with Gasteiger partial charge in [-0.1, -0.05) is 13.0 Å². The quantitative estimate of drug-likeness (QED) is 0.679. The van der Waals surface area contributed by atoms with Gasteiger partial charge in [-0.2, -0.15) is 4.98 Å². The van der Waals surface area contributed by atoms with E-state index in [2.05, 4.69) is 11.8 Å². The highest BCUT2D eigenvalue weighted by atomic mass is 16.5. The van der Waals surface area contributed by atoms with E-state index in [1.165, 1.54) is 9.13 Å². The van der Waals surface area contributed by atoms with Crippen molar-refractivity contribution in [3.05, 3.63) is 44.6 Å². The zero-order valence-corrected chi connectivity index (χ0v) is 17.8. The zero-order chi connectivity index (χ0) is 21.6. The maximum absolute atomic E-state index is 13.2. The Bertz CT molecular complexity index is 1220. The molecule has 0 aliphatic carbocycles. The molecule has 1 aliphatic heterocycles. The number of aliphatic hydroxyl groups is 1. The summed E-state index contributed by atoms with van der Waals surface area (Å²) < 4.78 is 10.1. The van der Waals surface area contributed by atoms with Crippen LogP contribution >= 0.6 is 0 Å². The van der Waals surface area contributed by atoms with Crippen LogP contribution in [0.2, 0.25) is 0 Å². The highest BCUT2D eigenvalue weighted by Crippen LogP contribution is 2.38. The number of rotatable bonds is 5. The van der Waals surface area contributed by atoms with Gasteiger partial charge in [0.2, 0.25) is 5.95 Å². The molecule has 0 unspecified atom stereocenters. The van der Waals surface area contributed by atoms with Crippen molar-refractivity contribution in [3.63, 3.8) is 0 Å². The SMILES string of the molecule is COc1ccc(C)cc1N1C[C@@H](C)Cn2c1nc1c2c(=O)n(CCCO)c(=O)n1C. The monoisotopic (exact) mass is 413 g/mol. The van der Waals surface area contributed by atoms with Gasteiger partial charge in [-0.3, -0.25) is 13.9 Å². The molecule has 0 spiro atoms. The topological polar surface area (TPSA) is 94.5 Å². The molecule has 1 aromatic carbocycles. The molecule has 0 saturated carbocycles. The highest BCUT2D eigenvalue weighted by molar-refractivity contribution is 5.78. The molecule has 1 aliphatic rings. The first-order valence-corrected chi connectivity index (χ1v) is 10.1. The molecule has 3 heterocycles. The second-order valence-corrected chi connectivity index (χ2v) is 7.96. The summed E-state index contributed by atoms with van der Waals surface area (Å²) in [5, 5.41) is 9.15. The summed E-state index contributed by atoms with van der Waals surface area (Å²) in [7, 11) is 3.26. The van der Waals surface area contributed by atoms with E-state index in [4.69, 9.17) is 14.8 Å². The third-order valence-corrected chi connectivity index (χ3v) is 5.61. The molecule has 3 aromatic rings. The van der Waals surface area contributed by atoms with E-state index >= 15 is 0 Å². The number of aromatic nitrogens is 4. The van der Waals surface area contributed by atoms with Gasteiger partial charge in [-0.25, -0.2) is 4.79 Å². The van der Waals surface area contributed by atoms with Crippen molar-refractivity contribution in [1.82, 2.24) is 18.7 Å². The summed E-state index contributed by atoms with van der Waals surface area (Å²) in [6, 6.07) is 5.95. The maximum atomic E-state index is 13.2. The summed E-state index contributed by atoms with van der Waals surface area (Å²) in [4.78, 5) is 32.8. The molecule has 0 bridgehead atoms. The van der Waals surface area contributed by atoms with Crippen LogP contribution in [-0.2, 0) is 20.1 Å². The summed E-state index contributed by atoms with van der Waals surface area (Å²) in [6.45, 7) is 5.57. The van der Waals surface area contributed by atoms with Crippen LogP contribution in [0.25, 0.3) is 11.2 Å². The third kappa shape index (κ3) is 3.09. The van der Waals surface area contributed by atoms with Gasteiger partial charge in [0, 0.05) is 33.3 Å². The van der Waals surface area contributed by atoms with E-state index in [0.29, 0.717) is 30.1 Å². The lowest BCUT2D eigenvalue weighted by atomic mass is 10.1. The molecule has 1 atom stereocenters. The molecule has 1 N–H and O–H groups in total. The third-order valence-electron chi connectivity index (χ3n) is 5.61. The van der Waals surface area contributed by atoms with Gasteiger partial charge < -0.3 is 19.3 Å². The van der Waals surface area contributed by atoms with Crippen LogP contribution in [0.15, 0.2) is 27.8 Å². The van der Waals surface area contributed by atoms with Gasteiger partial charge in [0.05, 0.1) is 12.8 Å². The van der Waals surface area contributed by atoms with Crippen LogP contribution in [0.3, 0.4) is 0 Å². The number of fused-ring (bicyclic) bond motifs is 3. The minimum atomic E-state index is -0.427. The molecular formula is C21H27N5O4. The van der Waals surface area contributed by atoms with Crippen molar-refractivity contribution in [3.8, 4) is 5.75 Å². The van der Waals surface area contributed by atoms with Crippen molar-refractivity contribution in [2.75, 3.05) is 25.2 Å². The van der Waals surface area contributed by atoms with E-state index in [-0.39, 0.29) is 24.6 Å². The van der Waals surface area contributed by atoms with Crippen LogP contribution in [0.4, 0.5) is 11.6 Å². The Hall–Kier alpha value is -3.07. The summed E-state index contributed by atoms with van der Waals surface area (Å²) >= 11 is 0. The van der Waals surface area contributed by atoms with Gasteiger partial charge in [-0.05, 0) is 37.0 Å². The van der Waals surface area contributed by atoms with Gasteiger partial charge in [0.15, 0.2) is 11.2 Å². The second-order valence-electron chi connectivity index (χ2n) is 7.96. The molecule has 30 heavy (non-hydrogen) atoms. The fourth-order valence-corrected chi connectivity index (χ4v) is 4.14. The Morgan fingerprint density at radius 2 is 2.03 bits per heavy atom. The lowest BCUT2D eigenvalue weighted by molar-refractivity contribution is 0.277. The van der Waals surface area contributed by atoms with Crippen LogP contribution in [0, 0.1) is 12.8 Å². The number of aryl methyl sites for hydroxylation is 2. The van der Waals surface area contributed by atoms with Gasteiger partial charge in [0.25, 0.3) is 5.56 Å². The number of hydrogen-bond donors (Lipinski definition) is 1. The number of ether oxygens (including phenoxy) is 1. The molecule has 0 fully saturated rings. The van der Waals surface area contributed by atoms with E-state index in [0.717, 1.165) is 23.5 Å². The predicted molar refractivity (Wildman–Crippen MR) is 115 cm³/mol. The smallest absolute Gasteiger partial charge is 0.332 e. The normalized spacial score (nSPS) is 16.2. The Morgan fingerprint density at radius 1 is 1.27 bits per heavy atom. The second kappa shape index (κ2) is 7.64. The van der Waals surface area contributed by atoms with Crippen LogP contribution < -0.4 is 20.9 Å². The number of aliphatic hydroxyl groups excluding tert-OH is 1. The largest absolute Gasteiger partial charge is 0.495 e. The molecular weight excluding hydrogens is 386 g/mol. The summed E-state index contributed by atoms with van der Waals surface area (Å²) in [5.41, 5.74) is 1.95. The van der Waals surface area contributed by atoms with Crippen molar-refractivity contribution < 1.29 is 9.84 Å². The standard InChI is InChI=1S/C21H27N5O4/c1-13-6-7-16(30-4)15(10-13)25-11-14(2)12-26-17-18(22-20(25)26)23(3)21(29)24(19(17)28)8-5-9-27/h6-7,10,14,27H,5,8-9,11-12H2,1-4H3/t14-/m1/s1. The van der Waals surface area contributed by atoms with E-state index in [1.807, 2.05) is 29.7 Å². The van der Waals surface area contributed by atoms with Crippen LogP contribution in [0.5, 0.6) is 5.75 Å². The Balaban J connectivity index is 2.00. The van der Waals surface area contributed by atoms with Crippen molar-refractivity contribution in [2.24, 2.45) is 13.0 Å². The minimum Gasteiger partial charge on any atom is -0.495 e. The Morgan fingerprint density at radius 3 is 2.73 bits per heavy atom. The van der Waals surface area contributed by atoms with Crippen molar-refractivity contribution in [2.45, 2.75) is 33.4 Å². The molecule has 0 radical (unpaired) electrons. The molecule has 0 saturated heterocycles. The molecule has 9 heteroatoms. The Kier molecular flexibility index (Phi) is 5.15. The average Bonchev–Trinajstić information content (AvgIpc) is 3.11. The van der Waals surface area contributed by atoms with Crippen LogP contribution in [-0.4, -0.2) is 44.1 Å². The average molecular weight is 413 g/mol. The van der Waals surface area contributed by atoms with Crippen LogP contribution in [0.1, 0.15) is 18.9 Å². The van der Waals surface area contributed by atoms with E-state index < -0.39 is 5.69 Å². The summed E-state index contributed by atoms with van der Waals surface area (Å²) in [5.74, 6) is 1.60. The first-order chi connectivity index (χ1) is 14.4. The minimum absolute atomic E-state index is 0.0872. The number of nitrogens with zero attached hydrogens (tertiary/aromatic N) is 5. The fraction of sp³-hybridized carbons (Fsp3) is 0.476. The van der Waals surface area contributed by atoms with Gasteiger partial charge >= 0.3 is 5.69 Å². The molecule has 2 aromatic heterocycles. The molecule has 160 valence electrons. The Labute approximate surface area is 173 Å². The first-order valence-electron chi connectivity index (χ1n) is 10.1. The first kappa shape index (κ1) is 20.2. The van der Waals surface area contributed by atoms with Crippen molar-refractivity contribution >= 4 is 22.8 Å². The number of benzene rings is 1. The molecule has 9 nitrogen and oxygen atoms in total. The fourth-order valence-electron chi connectivity index (χ4n) is 4.14. The lowest BCUT2D eigenvalue weighted by Gasteiger charge is -2.33. The number of imidazole rings is 1. The molecule has 0 amide bonds. The lowest BCUT2D eigenvalue weighted by Crippen LogP contribution is -2.40. The number of anilines is 2. The highest BCUT2D eigenvalue weighted by Gasteiger charge is 2.31. The summed E-state index contributed by atoms with van der Waals surface area (Å²) in [6.07, 6.45) is 0.338. The van der Waals surface area contributed by atoms with E-state index in [9.17, 15) is 9.59 Å². The van der Waals surface area contributed by atoms with Gasteiger partial charge in [-0.15, -0.1) is 0 Å². The number of hydrogen-bond acceptors (Lipinski definition) is 6. The zero-order valence-electron chi connectivity index (χ0n) is 17.8. The predicted octanol–water partition coefficient (Wildman–Crippen LogP) is 1.38. The maximum Gasteiger partial charge on any atom is 0.332 e. The van der Waals surface area contributed by atoms with E-state index in [1.54, 1.807) is 14.2 Å². The van der Waals surface area contributed by atoms with Gasteiger partial charge in [0.1, 0.15) is 5.75 Å². The number of methoxy groups -OCH3 is 1. The molecule has 4 rings (SSSR count).